The maximum Gasteiger partial charge on any atom is 0.338 e. The minimum atomic E-state index is -0.455. The topological polar surface area (TPSA) is 49.9 Å². The molecule has 5 heteroatoms. The van der Waals surface area contributed by atoms with Crippen LogP contribution in [0, 0.1) is 5.92 Å². The van der Waals surface area contributed by atoms with Crippen LogP contribution >= 0.6 is 0 Å². The first-order valence-corrected chi connectivity index (χ1v) is 7.69. The number of esters is 1. The number of hydrogen-bond acceptors (Lipinski definition) is 4. The summed E-state index contributed by atoms with van der Waals surface area (Å²) in [4.78, 5) is 27.8. The van der Waals surface area contributed by atoms with E-state index in [0.717, 1.165) is 31.6 Å². The minimum absolute atomic E-state index is 0.107. The summed E-state index contributed by atoms with van der Waals surface area (Å²) in [6.45, 7) is 3.48. The summed E-state index contributed by atoms with van der Waals surface area (Å²) in [5.74, 6) is -0.0412. The molecule has 0 saturated carbocycles. The van der Waals surface area contributed by atoms with E-state index in [1.165, 1.54) is 0 Å². The molecule has 22 heavy (non-hydrogen) atoms. The smallest absolute Gasteiger partial charge is 0.338 e. The van der Waals surface area contributed by atoms with Crippen molar-refractivity contribution in [1.29, 1.82) is 0 Å². The van der Waals surface area contributed by atoms with Gasteiger partial charge in [-0.1, -0.05) is 6.92 Å². The van der Waals surface area contributed by atoms with Crippen molar-refractivity contribution >= 4 is 17.6 Å². The average Bonchev–Trinajstić information content (AvgIpc) is 2.52. The van der Waals surface area contributed by atoms with Crippen molar-refractivity contribution in [2.75, 3.05) is 38.7 Å². The Morgan fingerprint density at radius 2 is 1.95 bits per heavy atom. The van der Waals surface area contributed by atoms with Gasteiger partial charge in [0.1, 0.15) is 0 Å². The van der Waals surface area contributed by atoms with Gasteiger partial charge in [0.2, 0.25) is 0 Å². The lowest BCUT2D eigenvalue weighted by Gasteiger charge is -2.30. The highest BCUT2D eigenvalue weighted by atomic mass is 16.5. The number of carbonyl (C=O) groups is 2. The summed E-state index contributed by atoms with van der Waals surface area (Å²) >= 11 is 0. The van der Waals surface area contributed by atoms with Crippen molar-refractivity contribution in [3.05, 3.63) is 29.8 Å². The lowest BCUT2D eigenvalue weighted by atomic mass is 10.0. The molecule has 0 radical (unpaired) electrons. The Balaban J connectivity index is 1.85. The van der Waals surface area contributed by atoms with Crippen LogP contribution in [-0.4, -0.2) is 50.6 Å². The van der Waals surface area contributed by atoms with Crippen LogP contribution in [0.4, 0.5) is 5.69 Å². The number of piperidine rings is 1. The second-order valence-electron chi connectivity index (χ2n) is 6.10. The summed E-state index contributed by atoms with van der Waals surface area (Å²) in [5, 5.41) is 0. The van der Waals surface area contributed by atoms with Crippen molar-refractivity contribution in [2.45, 2.75) is 19.8 Å². The molecule has 0 aromatic heterocycles. The Bertz CT molecular complexity index is 525. The van der Waals surface area contributed by atoms with Gasteiger partial charge in [-0.2, -0.15) is 0 Å². The summed E-state index contributed by atoms with van der Waals surface area (Å²) in [7, 11) is 3.87. The molecule has 0 spiro atoms. The molecule has 0 aliphatic carbocycles. The Hall–Kier alpha value is -2.04. The first-order valence-electron chi connectivity index (χ1n) is 7.69. The van der Waals surface area contributed by atoms with Gasteiger partial charge < -0.3 is 14.5 Å². The van der Waals surface area contributed by atoms with Crippen molar-refractivity contribution in [3.63, 3.8) is 0 Å². The van der Waals surface area contributed by atoms with Crippen LogP contribution in [0.25, 0.3) is 0 Å². The monoisotopic (exact) mass is 304 g/mol. The largest absolute Gasteiger partial charge is 0.452 e. The summed E-state index contributed by atoms with van der Waals surface area (Å²) in [5.41, 5.74) is 1.47. The molecule has 5 nitrogen and oxygen atoms in total. The van der Waals surface area contributed by atoms with Gasteiger partial charge in [-0.3, -0.25) is 4.79 Å². The first-order chi connectivity index (χ1) is 10.5. The summed E-state index contributed by atoms with van der Waals surface area (Å²) < 4.78 is 5.13. The number of rotatable bonds is 4. The second kappa shape index (κ2) is 7.29. The van der Waals surface area contributed by atoms with Gasteiger partial charge in [-0.15, -0.1) is 0 Å². The molecule has 1 aliphatic rings. The van der Waals surface area contributed by atoms with E-state index in [1.807, 2.05) is 31.1 Å². The lowest BCUT2D eigenvalue weighted by molar-refractivity contribution is -0.136. The zero-order valence-electron chi connectivity index (χ0n) is 13.5. The van der Waals surface area contributed by atoms with E-state index < -0.39 is 5.97 Å². The SMILES string of the molecule is CC1CCCN(C(=O)COC(=O)c2ccc(N(C)C)cc2)C1. The van der Waals surface area contributed by atoms with Crippen LogP contribution in [0.2, 0.25) is 0 Å². The third-order valence-corrected chi connectivity index (χ3v) is 3.96. The molecule has 1 heterocycles. The van der Waals surface area contributed by atoms with Crippen LogP contribution in [0.1, 0.15) is 30.1 Å². The number of hydrogen-bond donors (Lipinski definition) is 0. The molecule has 0 N–H and O–H groups in total. The fourth-order valence-electron chi connectivity index (χ4n) is 2.61. The fraction of sp³-hybridized carbons (Fsp3) is 0.529. The maximum atomic E-state index is 12.1. The number of amides is 1. The van der Waals surface area contributed by atoms with Gasteiger partial charge in [0.15, 0.2) is 6.61 Å². The van der Waals surface area contributed by atoms with E-state index in [1.54, 1.807) is 17.0 Å². The summed E-state index contributed by atoms with van der Waals surface area (Å²) in [6, 6.07) is 7.13. The first kappa shape index (κ1) is 16.3. The highest BCUT2D eigenvalue weighted by Gasteiger charge is 2.22. The molecule has 1 atom stereocenters. The van der Waals surface area contributed by atoms with Gasteiger partial charge >= 0.3 is 5.97 Å². The minimum Gasteiger partial charge on any atom is -0.452 e. The maximum absolute atomic E-state index is 12.1. The lowest BCUT2D eigenvalue weighted by Crippen LogP contribution is -2.41. The van der Waals surface area contributed by atoms with Gasteiger partial charge in [0, 0.05) is 32.9 Å². The zero-order valence-corrected chi connectivity index (χ0v) is 13.5. The number of anilines is 1. The van der Waals surface area contributed by atoms with Gasteiger partial charge in [-0.05, 0) is 43.0 Å². The van der Waals surface area contributed by atoms with Crippen LogP contribution in [0.5, 0.6) is 0 Å². The van der Waals surface area contributed by atoms with Gasteiger partial charge in [-0.25, -0.2) is 4.79 Å². The number of carbonyl (C=O) groups excluding carboxylic acids is 2. The predicted molar refractivity (Wildman–Crippen MR) is 86.0 cm³/mol. The van der Waals surface area contributed by atoms with Crippen LogP contribution < -0.4 is 4.90 Å². The highest BCUT2D eigenvalue weighted by molar-refractivity contribution is 5.91. The Morgan fingerprint density at radius 1 is 1.27 bits per heavy atom. The van der Waals surface area contributed by atoms with Crippen LogP contribution in [0.15, 0.2) is 24.3 Å². The molecular formula is C17H24N2O3. The number of likely N-dealkylation sites (tertiary alicyclic amines) is 1. The van der Waals surface area contributed by atoms with Crippen molar-refractivity contribution in [1.82, 2.24) is 4.90 Å². The van der Waals surface area contributed by atoms with Crippen molar-refractivity contribution in [2.24, 2.45) is 5.92 Å². The van der Waals surface area contributed by atoms with E-state index in [4.69, 9.17) is 4.74 Å². The molecule has 1 unspecified atom stereocenters. The standard InChI is InChI=1S/C17H24N2O3/c1-13-5-4-10-19(11-13)16(20)12-22-17(21)14-6-8-15(9-7-14)18(2)3/h6-9,13H,4-5,10-12H2,1-3H3. The zero-order chi connectivity index (χ0) is 16.1. The molecular weight excluding hydrogens is 280 g/mol. The Kier molecular flexibility index (Phi) is 5.41. The molecule has 1 aromatic rings. The normalized spacial score (nSPS) is 18.0. The van der Waals surface area contributed by atoms with Crippen molar-refractivity contribution in [3.8, 4) is 0 Å². The number of ether oxygens (including phenoxy) is 1. The molecule has 1 aliphatic heterocycles. The van der Waals surface area contributed by atoms with Gasteiger partial charge in [0.05, 0.1) is 5.56 Å². The van der Waals surface area contributed by atoms with Crippen LogP contribution in [-0.2, 0) is 9.53 Å². The molecule has 1 aromatic carbocycles. The molecule has 0 bridgehead atoms. The molecule has 120 valence electrons. The highest BCUT2D eigenvalue weighted by Crippen LogP contribution is 2.16. The van der Waals surface area contributed by atoms with E-state index in [0.29, 0.717) is 11.5 Å². The quantitative estimate of drug-likeness (QED) is 0.800. The predicted octanol–water partition coefficient (Wildman–Crippen LogP) is 2.17. The summed E-state index contributed by atoms with van der Waals surface area (Å²) in [6.07, 6.45) is 2.18. The fourth-order valence-corrected chi connectivity index (χ4v) is 2.61. The Labute approximate surface area is 131 Å². The number of benzene rings is 1. The second-order valence-corrected chi connectivity index (χ2v) is 6.10. The molecule has 2 rings (SSSR count). The van der Waals surface area contributed by atoms with Crippen molar-refractivity contribution < 1.29 is 14.3 Å². The molecule has 1 saturated heterocycles. The third-order valence-electron chi connectivity index (χ3n) is 3.96. The van der Waals surface area contributed by atoms with Gasteiger partial charge in [0.25, 0.3) is 5.91 Å². The van der Waals surface area contributed by atoms with E-state index in [2.05, 4.69) is 6.92 Å². The average molecular weight is 304 g/mol. The van der Waals surface area contributed by atoms with E-state index in [-0.39, 0.29) is 12.5 Å². The Morgan fingerprint density at radius 3 is 2.55 bits per heavy atom. The number of nitrogens with zero attached hydrogens (tertiary/aromatic N) is 2. The molecule has 1 amide bonds. The molecule has 1 fully saturated rings. The third kappa shape index (κ3) is 4.23. The van der Waals surface area contributed by atoms with Crippen LogP contribution in [0.3, 0.4) is 0 Å². The van der Waals surface area contributed by atoms with E-state index >= 15 is 0 Å². The van der Waals surface area contributed by atoms with E-state index in [9.17, 15) is 9.59 Å².